The predicted octanol–water partition coefficient (Wildman–Crippen LogP) is 3.18. The molecule has 0 aromatic heterocycles. The normalized spacial score (nSPS) is 11.6. The van der Waals surface area contributed by atoms with Crippen LogP contribution in [0.3, 0.4) is 0 Å². The van der Waals surface area contributed by atoms with E-state index in [0.29, 0.717) is 6.54 Å². The summed E-state index contributed by atoms with van der Waals surface area (Å²) in [5, 5.41) is 2.84. The lowest BCUT2D eigenvalue weighted by Gasteiger charge is -2.16. The Labute approximate surface area is 140 Å². The van der Waals surface area contributed by atoms with Crippen molar-refractivity contribution in [1.29, 1.82) is 0 Å². The second-order valence-corrected chi connectivity index (χ2v) is 5.50. The Bertz CT molecular complexity index is 671. The average Bonchev–Trinajstić information content (AvgIpc) is 2.61. The number of amides is 1. The van der Waals surface area contributed by atoms with Crippen LogP contribution in [0.4, 0.5) is 4.39 Å². The molecule has 0 aliphatic heterocycles. The van der Waals surface area contributed by atoms with Crippen LogP contribution in [0.1, 0.15) is 29.9 Å². The minimum atomic E-state index is -0.403. The third kappa shape index (κ3) is 5.50. The van der Waals surface area contributed by atoms with Crippen LogP contribution in [-0.4, -0.2) is 19.0 Å². The number of hydrogen-bond acceptors (Lipinski definition) is 3. The number of ether oxygens (including phenoxy) is 1. The van der Waals surface area contributed by atoms with Crippen molar-refractivity contribution in [2.45, 2.75) is 25.3 Å². The first kappa shape index (κ1) is 17.7. The lowest BCUT2D eigenvalue weighted by atomic mass is 9.92. The number of esters is 1. The van der Waals surface area contributed by atoms with Gasteiger partial charge in [0.2, 0.25) is 5.91 Å². The van der Waals surface area contributed by atoms with Crippen LogP contribution in [0, 0.1) is 5.82 Å². The number of nitrogens with one attached hydrogen (secondary N) is 1. The molecule has 0 saturated carbocycles. The van der Waals surface area contributed by atoms with Crippen LogP contribution >= 0.6 is 0 Å². The van der Waals surface area contributed by atoms with Gasteiger partial charge in [-0.2, -0.15) is 0 Å². The monoisotopic (exact) mass is 329 g/mol. The molecule has 126 valence electrons. The Morgan fingerprint density at radius 1 is 1.04 bits per heavy atom. The van der Waals surface area contributed by atoms with Gasteiger partial charge in [-0.3, -0.25) is 9.59 Å². The Morgan fingerprint density at radius 2 is 1.71 bits per heavy atom. The molecule has 1 atom stereocenters. The van der Waals surface area contributed by atoms with Crippen molar-refractivity contribution in [3.8, 4) is 0 Å². The number of carbonyl (C=O) groups excluding carboxylic acids is 2. The van der Waals surface area contributed by atoms with E-state index in [1.54, 1.807) is 12.1 Å². The van der Waals surface area contributed by atoms with E-state index in [-0.39, 0.29) is 30.5 Å². The highest BCUT2D eigenvalue weighted by molar-refractivity contribution is 5.78. The molecule has 0 heterocycles. The molecule has 2 rings (SSSR count). The zero-order chi connectivity index (χ0) is 17.4. The highest BCUT2D eigenvalue weighted by Crippen LogP contribution is 2.24. The van der Waals surface area contributed by atoms with E-state index in [2.05, 4.69) is 5.32 Å². The lowest BCUT2D eigenvalue weighted by Crippen LogP contribution is -2.25. The van der Waals surface area contributed by atoms with Gasteiger partial charge >= 0.3 is 5.97 Å². The van der Waals surface area contributed by atoms with Crippen LogP contribution in [0.5, 0.6) is 0 Å². The molecule has 24 heavy (non-hydrogen) atoms. The van der Waals surface area contributed by atoms with E-state index in [9.17, 15) is 14.0 Å². The fraction of sp³-hybridized carbons (Fsp3) is 0.263. The Kier molecular flexibility index (Phi) is 6.49. The van der Waals surface area contributed by atoms with Gasteiger partial charge in [0, 0.05) is 18.9 Å². The number of rotatable bonds is 7. The van der Waals surface area contributed by atoms with Gasteiger partial charge in [-0.1, -0.05) is 42.5 Å². The summed E-state index contributed by atoms with van der Waals surface area (Å²) in [7, 11) is 1.31. The fourth-order valence-electron chi connectivity index (χ4n) is 2.42. The van der Waals surface area contributed by atoms with Gasteiger partial charge in [0.25, 0.3) is 0 Å². The van der Waals surface area contributed by atoms with Gasteiger partial charge in [0.15, 0.2) is 0 Å². The molecule has 4 nitrogen and oxygen atoms in total. The second-order valence-electron chi connectivity index (χ2n) is 5.50. The first-order valence-corrected chi connectivity index (χ1v) is 7.71. The first-order chi connectivity index (χ1) is 11.6. The van der Waals surface area contributed by atoms with Crippen LogP contribution in [0.25, 0.3) is 0 Å². The van der Waals surface area contributed by atoms with Crippen molar-refractivity contribution in [2.75, 3.05) is 7.11 Å². The Morgan fingerprint density at radius 3 is 2.33 bits per heavy atom. The zero-order valence-electron chi connectivity index (χ0n) is 13.5. The maximum Gasteiger partial charge on any atom is 0.306 e. The van der Waals surface area contributed by atoms with E-state index < -0.39 is 5.97 Å². The first-order valence-electron chi connectivity index (χ1n) is 7.71. The van der Waals surface area contributed by atoms with Crippen molar-refractivity contribution < 1.29 is 18.7 Å². The molecular formula is C19H20FNO3. The standard InChI is InChI=1S/C19H20FNO3/c1-24-19(23)12-16(15-7-9-17(20)10-8-15)11-18(22)21-13-14-5-3-2-4-6-14/h2-10,16H,11-13H2,1H3,(H,21,22)/t16-/m0/s1. The third-order valence-corrected chi connectivity index (χ3v) is 3.75. The molecule has 2 aromatic carbocycles. The van der Waals surface area contributed by atoms with Crippen LogP contribution in [0.15, 0.2) is 54.6 Å². The zero-order valence-corrected chi connectivity index (χ0v) is 13.5. The number of hydrogen-bond donors (Lipinski definition) is 1. The van der Waals surface area contributed by atoms with E-state index >= 15 is 0 Å². The van der Waals surface area contributed by atoms with Gasteiger partial charge in [-0.15, -0.1) is 0 Å². The largest absolute Gasteiger partial charge is 0.469 e. The molecule has 0 unspecified atom stereocenters. The maximum absolute atomic E-state index is 13.1. The summed E-state index contributed by atoms with van der Waals surface area (Å²) in [6.45, 7) is 0.425. The SMILES string of the molecule is COC(=O)C[C@H](CC(=O)NCc1ccccc1)c1ccc(F)cc1. The summed E-state index contributed by atoms with van der Waals surface area (Å²) in [5.74, 6) is -1.28. The molecule has 0 bridgehead atoms. The molecule has 0 radical (unpaired) electrons. The van der Waals surface area contributed by atoms with Crippen molar-refractivity contribution in [2.24, 2.45) is 0 Å². The summed E-state index contributed by atoms with van der Waals surface area (Å²) in [4.78, 5) is 23.8. The van der Waals surface area contributed by atoms with Crippen LogP contribution in [0.2, 0.25) is 0 Å². The Balaban J connectivity index is 2.00. The van der Waals surface area contributed by atoms with Crippen LogP contribution < -0.4 is 5.32 Å². The van der Waals surface area contributed by atoms with Crippen molar-refractivity contribution in [3.63, 3.8) is 0 Å². The quantitative estimate of drug-likeness (QED) is 0.794. The van der Waals surface area contributed by atoms with Gasteiger partial charge < -0.3 is 10.1 Å². The topological polar surface area (TPSA) is 55.4 Å². The summed E-state index contributed by atoms with van der Waals surface area (Å²) in [6, 6.07) is 15.4. The summed E-state index contributed by atoms with van der Waals surface area (Å²) in [5.41, 5.74) is 1.73. The molecule has 0 fully saturated rings. The summed E-state index contributed by atoms with van der Waals surface area (Å²) >= 11 is 0. The maximum atomic E-state index is 13.1. The second kappa shape index (κ2) is 8.82. The van der Waals surface area contributed by atoms with Gasteiger partial charge in [0.1, 0.15) is 5.82 Å². The minimum absolute atomic E-state index is 0.0703. The molecule has 0 aliphatic rings. The fourth-order valence-corrected chi connectivity index (χ4v) is 2.42. The number of methoxy groups -OCH3 is 1. The van der Waals surface area contributed by atoms with Crippen molar-refractivity contribution in [1.82, 2.24) is 5.32 Å². The van der Waals surface area contributed by atoms with Gasteiger partial charge in [-0.25, -0.2) is 4.39 Å². The minimum Gasteiger partial charge on any atom is -0.469 e. The molecule has 0 saturated heterocycles. The van der Waals surface area contributed by atoms with Gasteiger partial charge in [0.05, 0.1) is 13.5 Å². The van der Waals surface area contributed by atoms with E-state index in [4.69, 9.17) is 4.74 Å². The summed E-state index contributed by atoms with van der Waals surface area (Å²) in [6.07, 6.45) is 0.203. The van der Waals surface area contributed by atoms with E-state index in [0.717, 1.165) is 11.1 Å². The van der Waals surface area contributed by atoms with E-state index in [1.807, 2.05) is 30.3 Å². The summed E-state index contributed by atoms with van der Waals surface area (Å²) < 4.78 is 17.8. The molecule has 2 aromatic rings. The highest BCUT2D eigenvalue weighted by atomic mass is 19.1. The molecule has 1 amide bonds. The molecule has 1 N–H and O–H groups in total. The van der Waals surface area contributed by atoms with E-state index in [1.165, 1.54) is 19.2 Å². The molecule has 5 heteroatoms. The third-order valence-electron chi connectivity index (χ3n) is 3.75. The van der Waals surface area contributed by atoms with Crippen LogP contribution in [-0.2, 0) is 20.9 Å². The Hall–Kier alpha value is -2.69. The smallest absolute Gasteiger partial charge is 0.306 e. The van der Waals surface area contributed by atoms with Crippen molar-refractivity contribution >= 4 is 11.9 Å². The predicted molar refractivity (Wildman–Crippen MR) is 88.7 cm³/mol. The molecule has 0 aliphatic carbocycles. The lowest BCUT2D eigenvalue weighted by molar-refractivity contribution is -0.141. The molecule has 0 spiro atoms. The average molecular weight is 329 g/mol. The number of carbonyl (C=O) groups is 2. The van der Waals surface area contributed by atoms with Crippen molar-refractivity contribution in [3.05, 3.63) is 71.5 Å². The highest BCUT2D eigenvalue weighted by Gasteiger charge is 2.20. The number of benzene rings is 2. The molecular weight excluding hydrogens is 309 g/mol. The number of halogens is 1. The van der Waals surface area contributed by atoms with Gasteiger partial charge in [-0.05, 0) is 23.3 Å².